The average molecular weight is 460 g/mol. The van der Waals surface area contributed by atoms with Crippen molar-refractivity contribution < 1.29 is 4.79 Å². The third-order valence-corrected chi connectivity index (χ3v) is 6.92. The first-order valence-electron chi connectivity index (χ1n) is 11.2. The summed E-state index contributed by atoms with van der Waals surface area (Å²) in [5.41, 5.74) is 3.91. The molecule has 0 aliphatic heterocycles. The Hall–Kier alpha value is -3.25. The van der Waals surface area contributed by atoms with E-state index in [2.05, 4.69) is 38.0 Å². The highest BCUT2D eigenvalue weighted by Gasteiger charge is 2.18. The van der Waals surface area contributed by atoms with Gasteiger partial charge in [-0.05, 0) is 41.5 Å². The molecule has 1 N–H and O–H groups in total. The van der Waals surface area contributed by atoms with Crippen LogP contribution >= 0.6 is 11.3 Å². The average Bonchev–Trinajstić information content (AvgIpc) is 3.21. The highest BCUT2D eigenvalue weighted by atomic mass is 32.1. The summed E-state index contributed by atoms with van der Waals surface area (Å²) in [6.07, 6.45) is 0. The lowest BCUT2D eigenvalue weighted by Crippen LogP contribution is -2.30. The molecule has 0 saturated carbocycles. The van der Waals surface area contributed by atoms with E-state index in [-0.39, 0.29) is 29.8 Å². The molecule has 2 aromatic heterocycles. The first-order valence-corrected chi connectivity index (χ1v) is 12.1. The molecule has 170 valence electrons. The number of carbonyl (C=O) groups excluding carboxylic acids is 1. The standard InChI is InChI=1S/C27H29N3O2S/c1-16(2)20-12-9-13-21(17(3)4)25(20)29-24(31)15-30-18(5)28-26-22(27(30)32)14-23(33-26)19-10-7-6-8-11-19/h6-14,16-17H,15H2,1-5H3,(H,29,31). The number of fused-ring (bicyclic) bond motifs is 1. The Kier molecular flexibility index (Phi) is 6.47. The van der Waals surface area contributed by atoms with Crippen molar-refractivity contribution in [3.63, 3.8) is 0 Å². The minimum absolute atomic E-state index is 0.0753. The maximum atomic E-state index is 13.3. The fourth-order valence-electron chi connectivity index (χ4n) is 4.07. The normalized spacial score (nSPS) is 11.5. The van der Waals surface area contributed by atoms with Crippen molar-refractivity contribution >= 4 is 33.1 Å². The van der Waals surface area contributed by atoms with Crippen LogP contribution in [-0.2, 0) is 11.3 Å². The van der Waals surface area contributed by atoms with Crippen molar-refractivity contribution in [2.24, 2.45) is 0 Å². The first kappa shape index (κ1) is 22.9. The SMILES string of the molecule is Cc1nc2sc(-c3ccccc3)cc2c(=O)n1CC(=O)Nc1c(C(C)C)cccc1C(C)C. The quantitative estimate of drug-likeness (QED) is 0.367. The molecule has 5 nitrogen and oxygen atoms in total. The van der Waals surface area contributed by atoms with E-state index in [1.54, 1.807) is 6.92 Å². The second-order valence-corrected chi connectivity index (χ2v) is 9.95. The van der Waals surface area contributed by atoms with Gasteiger partial charge >= 0.3 is 0 Å². The third kappa shape index (κ3) is 4.62. The largest absolute Gasteiger partial charge is 0.324 e. The summed E-state index contributed by atoms with van der Waals surface area (Å²) < 4.78 is 1.46. The van der Waals surface area contributed by atoms with Gasteiger partial charge in [-0.3, -0.25) is 14.2 Å². The topological polar surface area (TPSA) is 64.0 Å². The summed E-state index contributed by atoms with van der Waals surface area (Å²) >= 11 is 1.49. The summed E-state index contributed by atoms with van der Waals surface area (Å²) in [6.45, 7) is 10.2. The monoisotopic (exact) mass is 459 g/mol. The zero-order valence-electron chi connectivity index (χ0n) is 19.7. The number of hydrogen-bond acceptors (Lipinski definition) is 4. The van der Waals surface area contributed by atoms with Crippen LogP contribution in [0.2, 0.25) is 0 Å². The van der Waals surface area contributed by atoms with Crippen molar-refractivity contribution in [2.45, 2.75) is 53.0 Å². The summed E-state index contributed by atoms with van der Waals surface area (Å²) in [4.78, 5) is 32.7. The summed E-state index contributed by atoms with van der Waals surface area (Å²) in [5.74, 6) is 0.840. The number of benzene rings is 2. The lowest BCUT2D eigenvalue weighted by Gasteiger charge is -2.20. The van der Waals surface area contributed by atoms with Crippen molar-refractivity contribution in [3.05, 3.63) is 81.9 Å². The Balaban J connectivity index is 1.68. The number of para-hydroxylation sites is 1. The van der Waals surface area contributed by atoms with Gasteiger partial charge in [0.1, 0.15) is 17.2 Å². The van der Waals surface area contributed by atoms with E-state index in [0.29, 0.717) is 16.0 Å². The molecule has 2 aromatic carbocycles. The molecule has 4 aromatic rings. The van der Waals surface area contributed by atoms with Crippen LogP contribution in [0.25, 0.3) is 20.7 Å². The lowest BCUT2D eigenvalue weighted by atomic mass is 9.92. The van der Waals surface area contributed by atoms with Crippen LogP contribution in [0.15, 0.2) is 59.4 Å². The molecule has 4 rings (SSSR count). The Morgan fingerprint density at radius 3 is 2.24 bits per heavy atom. The number of aromatic nitrogens is 2. The van der Waals surface area contributed by atoms with Crippen LogP contribution in [0.1, 0.15) is 56.5 Å². The highest BCUT2D eigenvalue weighted by Crippen LogP contribution is 2.33. The molecule has 0 atom stereocenters. The Morgan fingerprint density at radius 1 is 1.00 bits per heavy atom. The molecule has 0 spiro atoms. The molecule has 6 heteroatoms. The predicted octanol–water partition coefficient (Wildman–Crippen LogP) is 6.32. The van der Waals surface area contributed by atoms with Crippen molar-refractivity contribution in [2.75, 3.05) is 5.32 Å². The zero-order valence-corrected chi connectivity index (χ0v) is 20.5. The Labute approximate surface area is 198 Å². The van der Waals surface area contributed by atoms with Gasteiger partial charge in [-0.25, -0.2) is 4.98 Å². The van der Waals surface area contributed by atoms with Crippen molar-refractivity contribution in [3.8, 4) is 10.4 Å². The van der Waals surface area contributed by atoms with E-state index in [1.165, 1.54) is 15.9 Å². The predicted molar refractivity (Wildman–Crippen MR) is 137 cm³/mol. The molecule has 0 bridgehead atoms. The second-order valence-electron chi connectivity index (χ2n) is 8.91. The second kappa shape index (κ2) is 9.32. The van der Waals surface area contributed by atoms with Gasteiger partial charge in [0, 0.05) is 10.6 Å². The number of aryl methyl sites for hydroxylation is 1. The fraction of sp³-hybridized carbons (Fsp3) is 0.296. The van der Waals surface area contributed by atoms with Crippen LogP contribution < -0.4 is 10.9 Å². The molecular weight excluding hydrogens is 430 g/mol. The molecule has 0 unspecified atom stereocenters. The molecule has 2 heterocycles. The minimum Gasteiger partial charge on any atom is -0.324 e. The van der Waals surface area contributed by atoms with Crippen LogP contribution in [-0.4, -0.2) is 15.5 Å². The van der Waals surface area contributed by atoms with E-state index in [4.69, 9.17) is 0 Å². The van der Waals surface area contributed by atoms with Gasteiger partial charge in [0.2, 0.25) is 5.91 Å². The van der Waals surface area contributed by atoms with Gasteiger partial charge < -0.3 is 5.32 Å². The van der Waals surface area contributed by atoms with Gasteiger partial charge in [0.15, 0.2) is 0 Å². The number of thiophene rings is 1. The van der Waals surface area contributed by atoms with Crippen LogP contribution in [0.4, 0.5) is 5.69 Å². The maximum absolute atomic E-state index is 13.3. The third-order valence-electron chi connectivity index (χ3n) is 5.84. The first-order chi connectivity index (χ1) is 15.8. The Morgan fingerprint density at radius 2 is 1.64 bits per heavy atom. The van der Waals surface area contributed by atoms with Crippen LogP contribution in [0.3, 0.4) is 0 Å². The van der Waals surface area contributed by atoms with Gasteiger partial charge in [0.05, 0.1) is 5.39 Å². The van der Waals surface area contributed by atoms with E-state index < -0.39 is 0 Å². The number of nitrogens with zero attached hydrogens (tertiary/aromatic N) is 2. The zero-order chi connectivity index (χ0) is 23.7. The van der Waals surface area contributed by atoms with E-state index in [0.717, 1.165) is 27.3 Å². The number of hydrogen-bond donors (Lipinski definition) is 1. The van der Waals surface area contributed by atoms with E-state index in [1.807, 2.05) is 54.6 Å². The molecule has 0 saturated heterocycles. The van der Waals surface area contributed by atoms with Gasteiger partial charge in [-0.1, -0.05) is 76.2 Å². The summed E-state index contributed by atoms with van der Waals surface area (Å²) in [7, 11) is 0. The minimum atomic E-state index is -0.227. The number of amides is 1. The van der Waals surface area contributed by atoms with Crippen LogP contribution in [0, 0.1) is 6.92 Å². The van der Waals surface area contributed by atoms with Gasteiger partial charge in [0.25, 0.3) is 5.56 Å². The molecule has 0 aliphatic carbocycles. The maximum Gasteiger partial charge on any atom is 0.262 e. The molecule has 33 heavy (non-hydrogen) atoms. The van der Waals surface area contributed by atoms with Crippen LogP contribution in [0.5, 0.6) is 0 Å². The number of anilines is 1. The highest BCUT2D eigenvalue weighted by molar-refractivity contribution is 7.21. The summed E-state index contributed by atoms with van der Waals surface area (Å²) in [5, 5.41) is 3.64. The van der Waals surface area contributed by atoms with Gasteiger partial charge in [-0.2, -0.15) is 0 Å². The molecule has 1 amide bonds. The molecule has 0 radical (unpaired) electrons. The fourth-order valence-corrected chi connectivity index (χ4v) is 5.14. The van der Waals surface area contributed by atoms with Crippen molar-refractivity contribution in [1.29, 1.82) is 0 Å². The Bertz CT molecular complexity index is 1340. The molecule has 0 fully saturated rings. The smallest absolute Gasteiger partial charge is 0.262 e. The lowest BCUT2D eigenvalue weighted by molar-refractivity contribution is -0.116. The number of carbonyl (C=O) groups is 1. The summed E-state index contributed by atoms with van der Waals surface area (Å²) in [6, 6.07) is 18.0. The number of nitrogens with one attached hydrogen (secondary N) is 1. The van der Waals surface area contributed by atoms with Crippen molar-refractivity contribution in [1.82, 2.24) is 9.55 Å². The molecule has 0 aliphatic rings. The van der Waals surface area contributed by atoms with Gasteiger partial charge in [-0.15, -0.1) is 11.3 Å². The molecular formula is C27H29N3O2S. The van der Waals surface area contributed by atoms with E-state index >= 15 is 0 Å². The van der Waals surface area contributed by atoms with E-state index in [9.17, 15) is 9.59 Å². The number of rotatable bonds is 6.